The molecular weight excluding hydrogens is 208 g/mol. The lowest BCUT2D eigenvalue weighted by atomic mass is 10.00. The van der Waals surface area contributed by atoms with Gasteiger partial charge in [-0.05, 0) is 24.1 Å². The Morgan fingerprint density at radius 2 is 1.76 bits per heavy atom. The minimum absolute atomic E-state index is 0.143. The summed E-state index contributed by atoms with van der Waals surface area (Å²) in [6.07, 6.45) is 8.97. The molecule has 17 heavy (non-hydrogen) atoms. The first-order valence-corrected chi connectivity index (χ1v) is 6.85. The highest BCUT2D eigenvalue weighted by Crippen LogP contribution is 2.19. The molecule has 0 spiro atoms. The van der Waals surface area contributed by atoms with Gasteiger partial charge in [0.25, 0.3) is 0 Å². The van der Waals surface area contributed by atoms with E-state index in [1.54, 1.807) is 0 Å². The Labute approximate surface area is 105 Å². The van der Waals surface area contributed by atoms with E-state index < -0.39 is 0 Å². The summed E-state index contributed by atoms with van der Waals surface area (Å²) in [6.45, 7) is 2.25. The van der Waals surface area contributed by atoms with E-state index in [1.807, 2.05) is 18.2 Å². The fourth-order valence-corrected chi connectivity index (χ4v) is 2.10. The second-order valence-electron chi connectivity index (χ2n) is 4.83. The standard InChI is InChI=1S/C15H26N2/c1-2-3-4-5-6-7-11-15(17)13-9-8-10-14(16)12-13/h8-10,12,15H,2-7,11,16-17H2,1H3. The topological polar surface area (TPSA) is 52.0 Å². The quantitative estimate of drug-likeness (QED) is 0.527. The molecule has 4 N–H and O–H groups in total. The lowest BCUT2D eigenvalue weighted by molar-refractivity contribution is 0.547. The van der Waals surface area contributed by atoms with Crippen molar-refractivity contribution in [3.63, 3.8) is 0 Å². The normalized spacial score (nSPS) is 12.6. The van der Waals surface area contributed by atoms with E-state index >= 15 is 0 Å². The van der Waals surface area contributed by atoms with E-state index in [9.17, 15) is 0 Å². The van der Waals surface area contributed by atoms with Crippen LogP contribution in [0.15, 0.2) is 24.3 Å². The zero-order chi connectivity index (χ0) is 12.5. The van der Waals surface area contributed by atoms with Crippen LogP contribution in [0.3, 0.4) is 0 Å². The largest absolute Gasteiger partial charge is 0.399 e. The molecule has 2 heteroatoms. The Kier molecular flexibility index (Phi) is 6.71. The van der Waals surface area contributed by atoms with E-state index in [0.717, 1.165) is 12.1 Å². The molecule has 0 bridgehead atoms. The minimum Gasteiger partial charge on any atom is -0.399 e. The van der Waals surface area contributed by atoms with Crippen LogP contribution in [0.25, 0.3) is 0 Å². The summed E-state index contributed by atoms with van der Waals surface area (Å²) < 4.78 is 0. The van der Waals surface area contributed by atoms with Gasteiger partial charge >= 0.3 is 0 Å². The summed E-state index contributed by atoms with van der Waals surface area (Å²) in [5, 5.41) is 0. The number of hydrogen-bond acceptors (Lipinski definition) is 2. The van der Waals surface area contributed by atoms with Crippen LogP contribution in [0.5, 0.6) is 0 Å². The van der Waals surface area contributed by atoms with Crippen LogP contribution >= 0.6 is 0 Å². The zero-order valence-electron chi connectivity index (χ0n) is 11.0. The molecule has 1 rings (SSSR count). The van der Waals surface area contributed by atoms with E-state index in [-0.39, 0.29) is 6.04 Å². The maximum Gasteiger partial charge on any atom is 0.0317 e. The molecule has 1 unspecified atom stereocenters. The Bertz CT molecular complexity index is 310. The molecule has 0 amide bonds. The van der Waals surface area contributed by atoms with Crippen LogP contribution in [0.4, 0.5) is 5.69 Å². The van der Waals surface area contributed by atoms with E-state index in [0.29, 0.717) is 0 Å². The molecule has 1 atom stereocenters. The van der Waals surface area contributed by atoms with Gasteiger partial charge < -0.3 is 11.5 Å². The average Bonchev–Trinajstić information content (AvgIpc) is 2.33. The Balaban J connectivity index is 2.19. The fraction of sp³-hybridized carbons (Fsp3) is 0.600. The summed E-state index contributed by atoms with van der Waals surface area (Å²) in [5.74, 6) is 0. The Morgan fingerprint density at radius 3 is 2.47 bits per heavy atom. The maximum absolute atomic E-state index is 6.15. The summed E-state index contributed by atoms with van der Waals surface area (Å²) in [5.41, 5.74) is 13.9. The van der Waals surface area contributed by atoms with Gasteiger partial charge in [0.05, 0.1) is 0 Å². The van der Waals surface area contributed by atoms with Crippen LogP contribution in [-0.4, -0.2) is 0 Å². The fourth-order valence-electron chi connectivity index (χ4n) is 2.10. The number of hydrogen-bond donors (Lipinski definition) is 2. The third-order valence-corrected chi connectivity index (χ3v) is 3.21. The van der Waals surface area contributed by atoms with E-state index in [4.69, 9.17) is 11.5 Å². The van der Waals surface area contributed by atoms with Crippen LogP contribution in [0, 0.1) is 0 Å². The summed E-state index contributed by atoms with van der Waals surface area (Å²) in [7, 11) is 0. The molecule has 96 valence electrons. The molecule has 0 aromatic heterocycles. The lowest BCUT2D eigenvalue weighted by Gasteiger charge is -2.12. The number of nitrogens with two attached hydrogens (primary N) is 2. The van der Waals surface area contributed by atoms with Gasteiger partial charge in [-0.3, -0.25) is 0 Å². The van der Waals surface area contributed by atoms with Crippen LogP contribution < -0.4 is 11.5 Å². The van der Waals surface area contributed by atoms with Gasteiger partial charge in [0, 0.05) is 11.7 Å². The second-order valence-corrected chi connectivity index (χ2v) is 4.83. The third-order valence-electron chi connectivity index (χ3n) is 3.21. The first kappa shape index (κ1) is 14.0. The van der Waals surface area contributed by atoms with Crippen molar-refractivity contribution in [3.05, 3.63) is 29.8 Å². The average molecular weight is 234 g/mol. The van der Waals surface area contributed by atoms with Gasteiger partial charge in [0.15, 0.2) is 0 Å². The summed E-state index contributed by atoms with van der Waals surface area (Å²) in [4.78, 5) is 0. The molecular formula is C15H26N2. The predicted octanol–water partition coefficient (Wildman–Crippen LogP) is 4.02. The van der Waals surface area contributed by atoms with Crippen LogP contribution in [-0.2, 0) is 0 Å². The molecule has 0 aliphatic heterocycles. The van der Waals surface area contributed by atoms with Crippen molar-refractivity contribution in [2.75, 3.05) is 5.73 Å². The number of unbranched alkanes of at least 4 members (excludes halogenated alkanes) is 5. The third kappa shape index (κ3) is 5.73. The molecule has 0 radical (unpaired) electrons. The molecule has 1 aromatic rings. The summed E-state index contributed by atoms with van der Waals surface area (Å²) >= 11 is 0. The Morgan fingerprint density at radius 1 is 1.06 bits per heavy atom. The summed E-state index contributed by atoms with van der Waals surface area (Å²) in [6, 6.07) is 8.08. The highest BCUT2D eigenvalue weighted by molar-refractivity contribution is 5.41. The van der Waals surface area contributed by atoms with Crippen LogP contribution in [0.2, 0.25) is 0 Å². The van der Waals surface area contributed by atoms with Gasteiger partial charge in [0.2, 0.25) is 0 Å². The Hall–Kier alpha value is -1.02. The van der Waals surface area contributed by atoms with Gasteiger partial charge in [-0.25, -0.2) is 0 Å². The number of nitrogen functional groups attached to an aromatic ring is 1. The van der Waals surface area contributed by atoms with Crippen molar-refractivity contribution < 1.29 is 0 Å². The first-order chi connectivity index (χ1) is 8.24. The van der Waals surface area contributed by atoms with Crippen molar-refractivity contribution in [1.82, 2.24) is 0 Å². The van der Waals surface area contributed by atoms with E-state index in [1.165, 1.54) is 44.1 Å². The zero-order valence-corrected chi connectivity index (χ0v) is 11.0. The maximum atomic E-state index is 6.15. The van der Waals surface area contributed by atoms with Crippen molar-refractivity contribution in [1.29, 1.82) is 0 Å². The van der Waals surface area contributed by atoms with Gasteiger partial charge in [-0.15, -0.1) is 0 Å². The van der Waals surface area contributed by atoms with Crippen molar-refractivity contribution in [2.24, 2.45) is 5.73 Å². The number of rotatable bonds is 8. The molecule has 0 heterocycles. The molecule has 2 nitrogen and oxygen atoms in total. The molecule has 0 fully saturated rings. The van der Waals surface area contributed by atoms with Crippen molar-refractivity contribution >= 4 is 5.69 Å². The smallest absolute Gasteiger partial charge is 0.0317 e. The molecule has 0 saturated heterocycles. The van der Waals surface area contributed by atoms with E-state index in [2.05, 4.69) is 13.0 Å². The molecule has 0 aliphatic rings. The highest BCUT2D eigenvalue weighted by atomic mass is 14.6. The molecule has 0 aliphatic carbocycles. The predicted molar refractivity (Wildman–Crippen MR) is 75.8 cm³/mol. The van der Waals surface area contributed by atoms with Gasteiger partial charge in [-0.1, -0.05) is 57.6 Å². The van der Waals surface area contributed by atoms with Gasteiger partial charge in [0.1, 0.15) is 0 Å². The monoisotopic (exact) mass is 234 g/mol. The molecule has 0 saturated carbocycles. The first-order valence-electron chi connectivity index (χ1n) is 6.85. The SMILES string of the molecule is CCCCCCCCC(N)c1cccc(N)c1. The number of anilines is 1. The lowest BCUT2D eigenvalue weighted by Crippen LogP contribution is -2.10. The second kappa shape index (κ2) is 8.13. The molecule has 1 aromatic carbocycles. The van der Waals surface area contributed by atoms with Crippen molar-refractivity contribution in [3.8, 4) is 0 Å². The highest BCUT2D eigenvalue weighted by Gasteiger charge is 2.05. The minimum atomic E-state index is 0.143. The van der Waals surface area contributed by atoms with Crippen molar-refractivity contribution in [2.45, 2.75) is 57.9 Å². The van der Waals surface area contributed by atoms with Gasteiger partial charge in [-0.2, -0.15) is 0 Å². The van der Waals surface area contributed by atoms with Crippen LogP contribution in [0.1, 0.15) is 63.5 Å². The number of benzene rings is 1.